The van der Waals surface area contributed by atoms with Gasteiger partial charge in [-0.1, -0.05) is 91.0 Å². The zero-order valence-corrected chi connectivity index (χ0v) is 23.9. The lowest BCUT2D eigenvalue weighted by molar-refractivity contribution is -0.135. The summed E-state index contributed by atoms with van der Waals surface area (Å²) < 4.78 is 0. The number of carbonyl (C=O) groups excluding carboxylic acids is 1. The number of hydrogen-bond donors (Lipinski definition) is 0. The van der Waals surface area contributed by atoms with E-state index in [0.29, 0.717) is 12.5 Å². The molecule has 0 aromatic heterocycles. The van der Waals surface area contributed by atoms with Gasteiger partial charge in [-0.3, -0.25) is 14.6 Å². The summed E-state index contributed by atoms with van der Waals surface area (Å²) in [6, 6.07) is 32.2. The van der Waals surface area contributed by atoms with Gasteiger partial charge in [0.15, 0.2) is 0 Å². The van der Waals surface area contributed by atoms with Crippen LogP contribution >= 0.6 is 8.58 Å². The van der Waals surface area contributed by atoms with Gasteiger partial charge in [0, 0.05) is 31.7 Å². The number of benzene rings is 3. The molecular weight excluding hydrogens is 485 g/mol. The van der Waals surface area contributed by atoms with Gasteiger partial charge >= 0.3 is 0 Å². The molecule has 0 bridgehead atoms. The average molecular weight is 528 g/mol. The fourth-order valence-corrected chi connectivity index (χ4v) is 7.99. The molecule has 2 saturated heterocycles. The lowest BCUT2D eigenvalue weighted by Crippen LogP contribution is -2.59. The monoisotopic (exact) mass is 527 g/mol. The third-order valence-electron chi connectivity index (χ3n) is 8.84. The lowest BCUT2D eigenvalue weighted by atomic mass is 9.74. The third-order valence-corrected chi connectivity index (χ3v) is 10.1. The van der Waals surface area contributed by atoms with Gasteiger partial charge < -0.3 is 4.90 Å². The second-order valence-corrected chi connectivity index (χ2v) is 12.5. The van der Waals surface area contributed by atoms with Gasteiger partial charge in [0.25, 0.3) is 0 Å². The van der Waals surface area contributed by atoms with Gasteiger partial charge in [0.2, 0.25) is 5.91 Å². The van der Waals surface area contributed by atoms with Crippen molar-refractivity contribution in [3.63, 3.8) is 0 Å². The Balaban J connectivity index is 1.27. The molecule has 1 unspecified atom stereocenters. The molecule has 5 heteroatoms. The molecule has 3 aromatic carbocycles. The van der Waals surface area contributed by atoms with Crippen LogP contribution in [0.1, 0.15) is 42.5 Å². The molecule has 5 rings (SSSR count). The Kier molecular flexibility index (Phi) is 8.94. The Morgan fingerprint density at radius 2 is 1.34 bits per heavy atom. The van der Waals surface area contributed by atoms with Crippen LogP contribution in [0.3, 0.4) is 0 Å². The minimum atomic E-state index is 0.0316. The van der Waals surface area contributed by atoms with Gasteiger partial charge in [-0.05, 0) is 61.7 Å². The standard InChI is InChI=1S/C33H42N3OP/c1-33(29-16-10-5-11-17-29,30-18-24-38-25-19-30)36-22-20-35(21-23-36)31(37)26-34(2)32(27-12-6-3-7-13-27)28-14-8-4-9-15-28/h3-17,30,32,38H,18-26H2,1-2H3. The highest BCUT2D eigenvalue weighted by Crippen LogP contribution is 2.44. The van der Waals surface area contributed by atoms with Crippen molar-refractivity contribution in [1.29, 1.82) is 0 Å². The maximum Gasteiger partial charge on any atom is 0.236 e. The van der Waals surface area contributed by atoms with Crippen LogP contribution in [0.5, 0.6) is 0 Å². The second-order valence-electron chi connectivity index (χ2n) is 11.0. The molecule has 38 heavy (non-hydrogen) atoms. The summed E-state index contributed by atoms with van der Waals surface area (Å²) in [5.41, 5.74) is 3.89. The molecule has 0 aliphatic carbocycles. The molecule has 2 fully saturated rings. The van der Waals surface area contributed by atoms with Crippen molar-refractivity contribution in [1.82, 2.24) is 14.7 Å². The maximum absolute atomic E-state index is 13.6. The molecule has 2 aliphatic heterocycles. The Bertz CT molecular complexity index is 1110. The Morgan fingerprint density at radius 3 is 1.87 bits per heavy atom. The third kappa shape index (κ3) is 5.88. The van der Waals surface area contributed by atoms with Crippen molar-refractivity contribution in [3.05, 3.63) is 108 Å². The van der Waals surface area contributed by atoms with Crippen LogP contribution in [0.15, 0.2) is 91.0 Å². The number of hydrogen-bond acceptors (Lipinski definition) is 3. The van der Waals surface area contributed by atoms with E-state index in [1.165, 1.54) is 41.9 Å². The first kappa shape index (κ1) is 27.1. The normalized spacial score (nSPS) is 21.1. The van der Waals surface area contributed by atoms with E-state index in [0.717, 1.165) is 34.8 Å². The van der Waals surface area contributed by atoms with Crippen LogP contribution in [0.4, 0.5) is 0 Å². The van der Waals surface area contributed by atoms with Crippen LogP contribution < -0.4 is 0 Å². The minimum absolute atomic E-state index is 0.0316. The van der Waals surface area contributed by atoms with Crippen molar-refractivity contribution in [2.24, 2.45) is 5.92 Å². The van der Waals surface area contributed by atoms with E-state index in [-0.39, 0.29) is 17.5 Å². The van der Waals surface area contributed by atoms with Crippen molar-refractivity contribution in [3.8, 4) is 0 Å². The van der Waals surface area contributed by atoms with Gasteiger partial charge in [-0.15, -0.1) is 8.58 Å². The SMILES string of the molecule is CN(CC(=O)N1CCN(C(C)(c2ccccc2)C2CCPCC2)CC1)C(c1ccccc1)c1ccccc1. The van der Waals surface area contributed by atoms with E-state index in [4.69, 9.17) is 0 Å². The number of piperazine rings is 1. The van der Waals surface area contributed by atoms with Gasteiger partial charge in [0.05, 0.1) is 12.6 Å². The van der Waals surface area contributed by atoms with E-state index in [2.05, 4.69) is 108 Å². The second kappa shape index (κ2) is 12.6. The summed E-state index contributed by atoms with van der Waals surface area (Å²) >= 11 is 0. The molecule has 4 nitrogen and oxygen atoms in total. The molecule has 3 aromatic rings. The molecule has 1 amide bonds. The number of likely N-dealkylation sites (N-methyl/N-ethyl adjacent to an activating group) is 1. The van der Waals surface area contributed by atoms with Crippen LogP contribution in [-0.4, -0.2) is 72.7 Å². The summed E-state index contributed by atoms with van der Waals surface area (Å²) in [6.07, 6.45) is 5.35. The highest BCUT2D eigenvalue weighted by molar-refractivity contribution is 7.38. The highest BCUT2D eigenvalue weighted by Gasteiger charge is 2.43. The van der Waals surface area contributed by atoms with Gasteiger partial charge in [0.1, 0.15) is 0 Å². The van der Waals surface area contributed by atoms with E-state index < -0.39 is 0 Å². The zero-order chi connectivity index (χ0) is 26.4. The molecule has 0 N–H and O–H groups in total. The predicted molar refractivity (Wildman–Crippen MR) is 160 cm³/mol. The molecule has 0 radical (unpaired) electrons. The zero-order valence-electron chi connectivity index (χ0n) is 22.9. The summed E-state index contributed by atoms with van der Waals surface area (Å²) in [4.78, 5) is 20.6. The minimum Gasteiger partial charge on any atom is -0.339 e. The quantitative estimate of drug-likeness (QED) is 0.344. The summed E-state index contributed by atoms with van der Waals surface area (Å²) in [5, 5.41) is 0. The van der Waals surface area contributed by atoms with Crippen LogP contribution in [-0.2, 0) is 10.3 Å². The largest absolute Gasteiger partial charge is 0.339 e. The van der Waals surface area contributed by atoms with Crippen LogP contribution in [0, 0.1) is 5.92 Å². The van der Waals surface area contributed by atoms with Crippen molar-refractivity contribution >= 4 is 14.5 Å². The van der Waals surface area contributed by atoms with Gasteiger partial charge in [-0.2, -0.15) is 0 Å². The molecule has 0 spiro atoms. The van der Waals surface area contributed by atoms with Crippen LogP contribution in [0.25, 0.3) is 0 Å². The predicted octanol–water partition coefficient (Wildman–Crippen LogP) is 5.86. The number of rotatable bonds is 8. The Hall–Kier alpha value is -2.52. The average Bonchev–Trinajstić information content (AvgIpc) is 2.99. The number of nitrogens with zero attached hydrogens (tertiary/aromatic N) is 3. The summed E-state index contributed by atoms with van der Waals surface area (Å²) in [5.74, 6) is 0.904. The van der Waals surface area contributed by atoms with E-state index in [9.17, 15) is 4.79 Å². The van der Waals surface area contributed by atoms with Crippen molar-refractivity contribution in [2.45, 2.75) is 31.3 Å². The molecular formula is C33H42N3OP. The van der Waals surface area contributed by atoms with E-state index in [1.54, 1.807) is 0 Å². The first-order valence-corrected chi connectivity index (χ1v) is 15.6. The number of carbonyl (C=O) groups is 1. The highest BCUT2D eigenvalue weighted by atomic mass is 31.1. The summed E-state index contributed by atoms with van der Waals surface area (Å²) in [7, 11) is 3.20. The maximum atomic E-state index is 13.6. The molecule has 2 heterocycles. The molecule has 1 atom stereocenters. The van der Waals surface area contributed by atoms with Crippen molar-refractivity contribution < 1.29 is 4.79 Å². The lowest BCUT2D eigenvalue weighted by Gasteiger charge is -2.51. The topological polar surface area (TPSA) is 26.8 Å². The fourth-order valence-electron chi connectivity index (χ4n) is 6.63. The van der Waals surface area contributed by atoms with Crippen LogP contribution in [0.2, 0.25) is 0 Å². The molecule has 0 saturated carbocycles. The molecule has 200 valence electrons. The Morgan fingerprint density at radius 1 is 0.842 bits per heavy atom. The van der Waals surface area contributed by atoms with Gasteiger partial charge in [-0.25, -0.2) is 0 Å². The first-order valence-electron chi connectivity index (χ1n) is 14.2. The number of amides is 1. The smallest absolute Gasteiger partial charge is 0.236 e. The fraction of sp³-hybridized carbons (Fsp3) is 0.424. The van der Waals surface area contributed by atoms with E-state index >= 15 is 0 Å². The Labute approximate surface area is 230 Å². The summed E-state index contributed by atoms with van der Waals surface area (Å²) in [6.45, 7) is 6.33. The van der Waals surface area contributed by atoms with E-state index in [1.807, 2.05) is 12.1 Å². The van der Waals surface area contributed by atoms with Crippen molar-refractivity contribution in [2.75, 3.05) is 52.1 Å². The molecule has 2 aliphatic rings. The first-order chi connectivity index (χ1) is 18.6.